The molecule has 0 heterocycles. The van der Waals surface area contributed by atoms with Crippen molar-refractivity contribution >= 4 is 0 Å². The second-order valence-corrected chi connectivity index (χ2v) is 4.43. The molecular formula is C13H19NO3. The summed E-state index contributed by atoms with van der Waals surface area (Å²) in [6.07, 6.45) is 2.39. The Bertz CT molecular complexity index is 335. The number of hydrogen-bond donors (Lipinski definition) is 3. The second kappa shape index (κ2) is 6.00. The fraction of sp³-hybridized carbons (Fsp3) is 0.538. The molecule has 94 valence electrons. The summed E-state index contributed by atoms with van der Waals surface area (Å²) >= 11 is 0. The third kappa shape index (κ3) is 4.00. The van der Waals surface area contributed by atoms with Gasteiger partial charge in [-0.25, -0.2) is 0 Å². The van der Waals surface area contributed by atoms with E-state index >= 15 is 0 Å². The van der Waals surface area contributed by atoms with Gasteiger partial charge in [0.2, 0.25) is 0 Å². The Balaban J connectivity index is 1.78. The van der Waals surface area contributed by atoms with Crippen LogP contribution in [-0.2, 0) is 6.61 Å². The summed E-state index contributed by atoms with van der Waals surface area (Å²) in [4.78, 5) is 0. The van der Waals surface area contributed by atoms with E-state index in [4.69, 9.17) is 9.84 Å². The second-order valence-electron chi connectivity index (χ2n) is 4.43. The molecule has 1 saturated carbocycles. The normalized spacial score (nSPS) is 16.8. The van der Waals surface area contributed by atoms with Crippen LogP contribution in [0.15, 0.2) is 24.3 Å². The summed E-state index contributed by atoms with van der Waals surface area (Å²) in [5.41, 5.74) is 0.868. The minimum atomic E-state index is 0.0000170. The molecule has 4 nitrogen and oxygen atoms in total. The van der Waals surface area contributed by atoms with Crippen molar-refractivity contribution < 1.29 is 14.9 Å². The van der Waals surface area contributed by atoms with E-state index < -0.39 is 0 Å². The topological polar surface area (TPSA) is 61.7 Å². The molecule has 1 atom stereocenters. The first kappa shape index (κ1) is 12.4. The van der Waals surface area contributed by atoms with Gasteiger partial charge in [0.05, 0.1) is 19.3 Å². The lowest BCUT2D eigenvalue weighted by atomic mass is 10.2. The van der Waals surface area contributed by atoms with Gasteiger partial charge in [0.15, 0.2) is 0 Å². The van der Waals surface area contributed by atoms with E-state index in [0.29, 0.717) is 12.6 Å². The molecule has 4 heteroatoms. The van der Waals surface area contributed by atoms with Crippen molar-refractivity contribution in [2.75, 3.05) is 13.2 Å². The van der Waals surface area contributed by atoms with E-state index in [0.717, 1.165) is 11.3 Å². The molecule has 1 aromatic rings. The fourth-order valence-corrected chi connectivity index (χ4v) is 1.62. The highest BCUT2D eigenvalue weighted by molar-refractivity contribution is 5.26. The van der Waals surface area contributed by atoms with Gasteiger partial charge in [-0.2, -0.15) is 0 Å². The van der Waals surface area contributed by atoms with Gasteiger partial charge in [-0.1, -0.05) is 12.1 Å². The predicted octanol–water partition coefficient (Wildman–Crippen LogP) is 0.671. The van der Waals surface area contributed by atoms with Crippen LogP contribution in [0.5, 0.6) is 5.75 Å². The molecule has 0 saturated heterocycles. The van der Waals surface area contributed by atoms with Gasteiger partial charge < -0.3 is 20.3 Å². The molecule has 0 amide bonds. The van der Waals surface area contributed by atoms with Crippen LogP contribution >= 0.6 is 0 Å². The summed E-state index contributed by atoms with van der Waals surface area (Å²) in [6.45, 7) is 0.597. The number of nitrogens with one attached hydrogen (secondary N) is 1. The Morgan fingerprint density at radius 1 is 1.24 bits per heavy atom. The maximum absolute atomic E-state index is 9.19. The summed E-state index contributed by atoms with van der Waals surface area (Å²) in [5.74, 6) is 0.762. The third-order valence-corrected chi connectivity index (χ3v) is 2.83. The predicted molar refractivity (Wildman–Crippen MR) is 64.9 cm³/mol. The maximum atomic E-state index is 9.19. The van der Waals surface area contributed by atoms with Crippen LogP contribution in [0.2, 0.25) is 0 Å². The molecule has 0 spiro atoms. The van der Waals surface area contributed by atoms with Crippen LogP contribution in [0.4, 0.5) is 0 Å². The standard InChI is InChI=1S/C13H19NO3/c15-7-10-1-5-13(6-2-10)17-9-12(8-16)14-11-3-4-11/h1-2,5-6,11-12,14-16H,3-4,7-9H2. The number of hydrogen-bond acceptors (Lipinski definition) is 4. The van der Waals surface area contributed by atoms with E-state index in [1.165, 1.54) is 12.8 Å². The molecule has 0 radical (unpaired) electrons. The lowest BCUT2D eigenvalue weighted by Gasteiger charge is -2.16. The highest BCUT2D eigenvalue weighted by Crippen LogP contribution is 2.19. The van der Waals surface area contributed by atoms with Crippen LogP contribution in [0.3, 0.4) is 0 Å². The first-order valence-corrected chi connectivity index (χ1v) is 6.01. The number of benzene rings is 1. The van der Waals surface area contributed by atoms with E-state index in [1.54, 1.807) is 0 Å². The van der Waals surface area contributed by atoms with Gasteiger partial charge in [0.25, 0.3) is 0 Å². The third-order valence-electron chi connectivity index (χ3n) is 2.83. The summed E-state index contributed by atoms with van der Waals surface area (Å²) in [7, 11) is 0. The Morgan fingerprint density at radius 3 is 2.47 bits per heavy atom. The van der Waals surface area contributed by atoms with Crippen molar-refractivity contribution in [3.05, 3.63) is 29.8 Å². The molecule has 0 aromatic heterocycles. The molecule has 2 rings (SSSR count). The fourth-order valence-electron chi connectivity index (χ4n) is 1.62. The molecule has 1 aromatic carbocycles. The highest BCUT2D eigenvalue weighted by atomic mass is 16.5. The molecule has 1 unspecified atom stereocenters. The SMILES string of the molecule is OCc1ccc(OCC(CO)NC2CC2)cc1. The van der Waals surface area contributed by atoms with E-state index in [2.05, 4.69) is 5.32 Å². The summed E-state index contributed by atoms with van der Waals surface area (Å²) in [6, 6.07) is 7.89. The molecule has 17 heavy (non-hydrogen) atoms. The number of aliphatic hydroxyl groups excluding tert-OH is 2. The van der Waals surface area contributed by atoms with Crippen LogP contribution in [-0.4, -0.2) is 35.5 Å². The zero-order valence-electron chi connectivity index (χ0n) is 9.80. The monoisotopic (exact) mass is 237 g/mol. The zero-order valence-corrected chi connectivity index (χ0v) is 9.80. The van der Waals surface area contributed by atoms with Gasteiger partial charge in [-0.3, -0.25) is 0 Å². The lowest BCUT2D eigenvalue weighted by Crippen LogP contribution is -2.39. The van der Waals surface area contributed by atoms with Crippen LogP contribution in [0.1, 0.15) is 18.4 Å². The zero-order chi connectivity index (χ0) is 12.1. The largest absolute Gasteiger partial charge is 0.492 e. The smallest absolute Gasteiger partial charge is 0.119 e. The van der Waals surface area contributed by atoms with E-state index in [1.807, 2.05) is 24.3 Å². The molecule has 0 bridgehead atoms. The van der Waals surface area contributed by atoms with Gasteiger partial charge in [-0.15, -0.1) is 0 Å². The quantitative estimate of drug-likeness (QED) is 0.652. The Hall–Kier alpha value is -1.10. The lowest BCUT2D eigenvalue weighted by molar-refractivity contribution is 0.182. The van der Waals surface area contributed by atoms with Crippen LogP contribution in [0.25, 0.3) is 0 Å². The van der Waals surface area contributed by atoms with Crippen molar-refractivity contribution in [2.45, 2.75) is 31.5 Å². The van der Waals surface area contributed by atoms with Gasteiger partial charge >= 0.3 is 0 Å². The van der Waals surface area contributed by atoms with Gasteiger partial charge in [0, 0.05) is 6.04 Å². The summed E-state index contributed by atoms with van der Waals surface area (Å²) < 4.78 is 5.58. The average molecular weight is 237 g/mol. The van der Waals surface area contributed by atoms with Gasteiger partial charge in [-0.05, 0) is 30.5 Å². The van der Waals surface area contributed by atoms with Gasteiger partial charge in [0.1, 0.15) is 12.4 Å². The van der Waals surface area contributed by atoms with Crippen molar-refractivity contribution in [1.82, 2.24) is 5.32 Å². The molecule has 1 aliphatic rings. The first-order valence-electron chi connectivity index (χ1n) is 6.01. The van der Waals surface area contributed by atoms with Crippen molar-refractivity contribution in [2.24, 2.45) is 0 Å². The number of ether oxygens (including phenoxy) is 1. The Morgan fingerprint density at radius 2 is 1.94 bits per heavy atom. The summed E-state index contributed by atoms with van der Waals surface area (Å²) in [5, 5.41) is 21.4. The first-order chi connectivity index (χ1) is 8.31. The van der Waals surface area contributed by atoms with Crippen LogP contribution in [0, 0.1) is 0 Å². The average Bonchev–Trinajstić information content (AvgIpc) is 3.19. The molecular weight excluding hydrogens is 218 g/mol. The minimum Gasteiger partial charge on any atom is -0.492 e. The van der Waals surface area contributed by atoms with Crippen molar-refractivity contribution in [3.63, 3.8) is 0 Å². The van der Waals surface area contributed by atoms with E-state index in [9.17, 15) is 5.11 Å². The Labute approximate surface area is 101 Å². The van der Waals surface area contributed by atoms with Crippen molar-refractivity contribution in [3.8, 4) is 5.75 Å². The Kier molecular flexibility index (Phi) is 4.36. The highest BCUT2D eigenvalue weighted by Gasteiger charge is 2.24. The van der Waals surface area contributed by atoms with Crippen LogP contribution < -0.4 is 10.1 Å². The molecule has 1 aliphatic carbocycles. The molecule has 0 aliphatic heterocycles. The molecule has 1 fully saturated rings. The molecule has 3 N–H and O–H groups in total. The number of aliphatic hydroxyl groups is 2. The van der Waals surface area contributed by atoms with E-state index in [-0.39, 0.29) is 19.3 Å². The maximum Gasteiger partial charge on any atom is 0.119 e. The number of rotatable bonds is 7. The minimum absolute atomic E-state index is 0.0000170. The van der Waals surface area contributed by atoms with Crippen molar-refractivity contribution in [1.29, 1.82) is 0 Å².